The van der Waals surface area contributed by atoms with Gasteiger partial charge in [0.25, 0.3) is 0 Å². The van der Waals surface area contributed by atoms with Gasteiger partial charge in [-0.05, 0) is 86.0 Å². The fourth-order valence-electron chi connectivity index (χ4n) is 0.836. The third-order valence-corrected chi connectivity index (χ3v) is 3.76. The second kappa shape index (κ2) is 5.64. The van der Waals surface area contributed by atoms with Crippen molar-refractivity contribution in [2.75, 3.05) is 5.32 Å². The molecule has 1 aromatic carbocycles. The molecule has 0 fully saturated rings. The molecule has 0 spiro atoms. The van der Waals surface area contributed by atoms with Gasteiger partial charge in [0.05, 0.1) is 5.69 Å². The fraction of sp³-hybridized carbons (Fsp3) is 0. The van der Waals surface area contributed by atoms with E-state index >= 15 is 0 Å². The van der Waals surface area contributed by atoms with Crippen LogP contribution in [0, 0.1) is 10.7 Å². The highest BCUT2D eigenvalue weighted by Crippen LogP contribution is 2.27. The molecule has 0 unspecified atom stereocenters. The first-order valence-electron chi connectivity index (χ1n) is 3.62. The Balaban J connectivity index is 3.08. The van der Waals surface area contributed by atoms with Gasteiger partial charge in [-0.25, -0.2) is 0 Å². The van der Waals surface area contributed by atoms with Crippen LogP contribution in [0.3, 0.4) is 0 Å². The van der Waals surface area contributed by atoms with Crippen LogP contribution in [0.2, 0.25) is 0 Å². The number of nitrogens with one attached hydrogen (secondary N) is 1. The van der Waals surface area contributed by atoms with Crippen molar-refractivity contribution in [1.82, 2.24) is 0 Å². The first kappa shape index (κ1) is 12.7. The van der Waals surface area contributed by atoms with E-state index in [-0.39, 0.29) is 5.91 Å². The number of hydrogen-bond acceptors (Lipinski definition) is 1. The molecule has 1 aromatic rings. The minimum atomic E-state index is -0.179. The summed E-state index contributed by atoms with van der Waals surface area (Å²) in [4.78, 5) is 11.1. The van der Waals surface area contributed by atoms with Gasteiger partial charge in [-0.3, -0.25) is 4.79 Å². The Kier molecular flexibility index (Phi) is 5.11. The van der Waals surface area contributed by atoms with Crippen LogP contribution < -0.4 is 5.32 Å². The molecule has 0 heterocycles. The molecule has 5 heteroatoms. The average molecular weight is 525 g/mol. The Hall–Kier alpha value is 0.620. The standard InChI is InChI=1S/C9H6I3NO/c1-2-8(14)13-9-6(11)3-5(10)4-7(9)12/h2-4H,1H2,(H,13,14). The second-order valence-corrected chi connectivity index (χ2v) is 6.01. The normalized spacial score (nSPS) is 9.64. The highest BCUT2D eigenvalue weighted by molar-refractivity contribution is 14.1. The molecule has 0 radical (unpaired) electrons. The zero-order chi connectivity index (χ0) is 10.7. The third-order valence-electron chi connectivity index (χ3n) is 1.44. The highest BCUT2D eigenvalue weighted by Gasteiger charge is 2.07. The van der Waals surface area contributed by atoms with Crippen molar-refractivity contribution in [2.45, 2.75) is 0 Å². The summed E-state index contributed by atoms with van der Waals surface area (Å²) in [6, 6.07) is 4.03. The van der Waals surface area contributed by atoms with Crippen LogP contribution in [-0.2, 0) is 4.79 Å². The summed E-state index contributed by atoms with van der Waals surface area (Å²) in [6.07, 6.45) is 1.27. The molecule has 1 N–H and O–H groups in total. The van der Waals surface area contributed by atoms with Crippen molar-refractivity contribution < 1.29 is 4.79 Å². The van der Waals surface area contributed by atoms with Crippen LogP contribution in [0.5, 0.6) is 0 Å². The van der Waals surface area contributed by atoms with Gasteiger partial charge in [-0.1, -0.05) is 6.58 Å². The molecule has 14 heavy (non-hydrogen) atoms. The van der Waals surface area contributed by atoms with Gasteiger partial charge in [0, 0.05) is 10.7 Å². The van der Waals surface area contributed by atoms with Crippen LogP contribution >= 0.6 is 67.8 Å². The van der Waals surface area contributed by atoms with Gasteiger partial charge in [0.15, 0.2) is 0 Å². The van der Waals surface area contributed by atoms with E-state index in [1.165, 1.54) is 6.08 Å². The molecule has 0 aliphatic rings. The molecular weight excluding hydrogens is 519 g/mol. The lowest BCUT2D eigenvalue weighted by Gasteiger charge is -2.08. The van der Waals surface area contributed by atoms with Crippen molar-refractivity contribution >= 4 is 79.4 Å². The molecule has 0 aliphatic heterocycles. The summed E-state index contributed by atoms with van der Waals surface area (Å²) in [7, 11) is 0. The van der Waals surface area contributed by atoms with Crippen LogP contribution in [0.1, 0.15) is 0 Å². The van der Waals surface area contributed by atoms with Crippen molar-refractivity contribution in [1.29, 1.82) is 0 Å². The van der Waals surface area contributed by atoms with Crippen LogP contribution in [0.15, 0.2) is 24.8 Å². The van der Waals surface area contributed by atoms with E-state index in [0.717, 1.165) is 16.4 Å². The lowest BCUT2D eigenvalue weighted by molar-refractivity contribution is -0.111. The number of carbonyl (C=O) groups is 1. The van der Waals surface area contributed by atoms with Crippen molar-refractivity contribution in [3.63, 3.8) is 0 Å². The van der Waals surface area contributed by atoms with E-state index in [4.69, 9.17) is 0 Å². The first-order chi connectivity index (χ1) is 6.54. The predicted octanol–water partition coefficient (Wildman–Crippen LogP) is 3.62. The Morgan fingerprint density at radius 2 is 1.79 bits per heavy atom. The molecule has 2 nitrogen and oxygen atoms in total. The number of anilines is 1. The van der Waals surface area contributed by atoms with Gasteiger partial charge in [-0.2, -0.15) is 0 Å². The Morgan fingerprint density at radius 3 is 2.21 bits per heavy atom. The number of halogens is 3. The van der Waals surface area contributed by atoms with Crippen LogP contribution in [0.25, 0.3) is 0 Å². The summed E-state index contributed by atoms with van der Waals surface area (Å²) in [6.45, 7) is 3.42. The summed E-state index contributed by atoms with van der Waals surface area (Å²) in [5.74, 6) is -0.179. The maximum Gasteiger partial charge on any atom is 0.247 e. The maximum atomic E-state index is 11.1. The summed E-state index contributed by atoms with van der Waals surface area (Å²) in [5.41, 5.74) is 0.858. The summed E-state index contributed by atoms with van der Waals surface area (Å²) >= 11 is 6.65. The number of carbonyl (C=O) groups excluding carboxylic acids is 1. The zero-order valence-corrected chi connectivity index (χ0v) is 13.5. The van der Waals surface area contributed by atoms with Gasteiger partial charge >= 0.3 is 0 Å². The van der Waals surface area contributed by atoms with Gasteiger partial charge in [0.1, 0.15) is 0 Å². The highest BCUT2D eigenvalue weighted by atomic mass is 127. The van der Waals surface area contributed by atoms with Gasteiger partial charge in [0.2, 0.25) is 5.91 Å². The van der Waals surface area contributed by atoms with E-state index in [2.05, 4.69) is 79.7 Å². The van der Waals surface area contributed by atoms with E-state index < -0.39 is 0 Å². The quantitative estimate of drug-likeness (QED) is 0.465. The monoisotopic (exact) mass is 525 g/mol. The van der Waals surface area contributed by atoms with E-state index in [1.54, 1.807) is 0 Å². The largest absolute Gasteiger partial charge is 0.321 e. The Bertz CT molecular complexity index is 367. The van der Waals surface area contributed by atoms with Crippen LogP contribution in [0.4, 0.5) is 5.69 Å². The lowest BCUT2D eigenvalue weighted by Crippen LogP contribution is -2.10. The summed E-state index contributed by atoms with van der Waals surface area (Å²) < 4.78 is 3.23. The number of benzene rings is 1. The molecule has 0 bridgehead atoms. The van der Waals surface area contributed by atoms with Crippen molar-refractivity contribution in [3.8, 4) is 0 Å². The third kappa shape index (κ3) is 3.33. The number of hydrogen-bond donors (Lipinski definition) is 1. The zero-order valence-electron chi connectivity index (χ0n) is 6.98. The molecule has 0 atom stereocenters. The molecule has 0 aromatic heterocycles. The van der Waals surface area contributed by atoms with Gasteiger partial charge in [-0.15, -0.1) is 0 Å². The molecule has 1 amide bonds. The average Bonchev–Trinajstić information content (AvgIpc) is 2.10. The van der Waals surface area contributed by atoms with Crippen molar-refractivity contribution in [2.24, 2.45) is 0 Å². The topological polar surface area (TPSA) is 29.1 Å². The predicted molar refractivity (Wildman–Crippen MR) is 83.4 cm³/mol. The molecule has 1 rings (SSSR count). The maximum absolute atomic E-state index is 11.1. The van der Waals surface area contributed by atoms with E-state index in [0.29, 0.717) is 0 Å². The van der Waals surface area contributed by atoms with E-state index in [1.807, 2.05) is 12.1 Å². The Labute approximate surface area is 123 Å². The second-order valence-electron chi connectivity index (χ2n) is 2.44. The van der Waals surface area contributed by atoms with Gasteiger partial charge < -0.3 is 5.32 Å². The number of amides is 1. The lowest BCUT2D eigenvalue weighted by atomic mass is 10.3. The minimum Gasteiger partial charge on any atom is -0.321 e. The molecular formula is C9H6I3NO. The minimum absolute atomic E-state index is 0.179. The van der Waals surface area contributed by atoms with Crippen molar-refractivity contribution in [3.05, 3.63) is 35.5 Å². The fourth-order valence-corrected chi connectivity index (χ4v) is 4.69. The van der Waals surface area contributed by atoms with E-state index in [9.17, 15) is 4.79 Å². The summed E-state index contributed by atoms with van der Waals surface area (Å²) in [5, 5.41) is 2.78. The SMILES string of the molecule is C=CC(=O)Nc1c(I)cc(I)cc1I. The molecule has 0 saturated heterocycles. The molecule has 0 saturated carbocycles. The first-order valence-corrected chi connectivity index (χ1v) is 6.86. The molecule has 74 valence electrons. The van der Waals surface area contributed by atoms with Crippen LogP contribution in [-0.4, -0.2) is 5.91 Å². The molecule has 0 aliphatic carbocycles. The Morgan fingerprint density at radius 1 is 1.29 bits per heavy atom. The smallest absolute Gasteiger partial charge is 0.247 e. The number of rotatable bonds is 2.